The van der Waals surface area contributed by atoms with Crippen LogP contribution in [-0.2, 0) is 0 Å². The van der Waals surface area contributed by atoms with E-state index in [9.17, 15) is 0 Å². The van der Waals surface area contributed by atoms with Crippen molar-refractivity contribution >= 4 is 124 Å². The number of aromatic nitrogens is 1. The SMILES string of the molecule is c1ccc(-n2c3ccc(-c4ccc5ccc(N6c7ccccc7[Si](c7ccccc7)(c7ccccc7)c7ccccc76)cc5c4)cc3c3cc(N4c5ccccc5[Si](c5ccccc5)(c5ccccc5)c5ccccc54)ccc32)cc1. The lowest BCUT2D eigenvalue weighted by Gasteiger charge is -2.45. The van der Waals surface area contributed by atoms with E-state index in [-0.39, 0.29) is 0 Å². The molecule has 0 saturated heterocycles. The minimum Gasteiger partial charge on any atom is -0.311 e. The van der Waals surface area contributed by atoms with Gasteiger partial charge in [0.05, 0.1) is 11.0 Å². The second kappa shape index (κ2) is 18.8. The van der Waals surface area contributed by atoms with Crippen molar-refractivity contribution in [2.75, 3.05) is 9.80 Å². The highest BCUT2D eigenvalue weighted by Gasteiger charge is 2.50. The molecule has 380 valence electrons. The molecule has 2 aliphatic heterocycles. The Morgan fingerprint density at radius 3 is 1.01 bits per heavy atom. The zero-order valence-electron chi connectivity index (χ0n) is 44.4. The first kappa shape index (κ1) is 47.0. The van der Waals surface area contributed by atoms with Crippen LogP contribution in [0, 0.1) is 0 Å². The molecule has 16 rings (SSSR count). The van der Waals surface area contributed by atoms with Gasteiger partial charge < -0.3 is 14.4 Å². The lowest BCUT2D eigenvalue weighted by atomic mass is 9.99. The van der Waals surface area contributed by atoms with Gasteiger partial charge in [0.15, 0.2) is 16.1 Å². The number of rotatable bonds is 8. The summed E-state index contributed by atoms with van der Waals surface area (Å²) in [6, 6.07) is 121. The fraction of sp³-hybridized carbons (Fsp3) is 0. The molecule has 0 radical (unpaired) electrons. The standard InChI is InChI=1S/C76H53N3Si2/c1-6-24-58(25-7-1)77-67-48-45-56(52-65(67)66-53-60(47-49-68(66)77)79-71-36-18-22-40-75(71)81(63-30-12-4-13-31-63,64-32-14-5-15-33-64)76-41-23-19-37-72(76)79)55-43-42-54-44-46-59(51-57(54)50-55)78-69-34-16-20-38-73(69)80(61-26-8-2-9-27-61,62-28-10-3-11-29-62)74-39-21-17-35-70(74)78/h1-53H. The number of hydrogen-bond acceptors (Lipinski definition) is 2. The molecule has 5 heteroatoms. The van der Waals surface area contributed by atoms with Crippen LogP contribution in [0.4, 0.5) is 34.1 Å². The first-order valence-electron chi connectivity index (χ1n) is 28.1. The summed E-state index contributed by atoms with van der Waals surface area (Å²) >= 11 is 0. The molecule has 0 saturated carbocycles. The highest BCUT2D eigenvalue weighted by atomic mass is 28.3. The Bertz CT molecular complexity index is 4540. The lowest BCUT2D eigenvalue weighted by molar-refractivity contribution is 1.18. The fourth-order valence-corrected chi connectivity index (χ4v) is 24.3. The van der Waals surface area contributed by atoms with E-state index in [0.29, 0.717) is 0 Å². The Morgan fingerprint density at radius 2 is 0.556 bits per heavy atom. The average molecular weight is 1060 g/mol. The smallest absolute Gasteiger partial charge is 0.184 e. The maximum absolute atomic E-state index is 2.78. The lowest BCUT2D eigenvalue weighted by Crippen LogP contribution is -2.77. The highest BCUT2D eigenvalue weighted by Crippen LogP contribution is 2.44. The summed E-state index contributed by atoms with van der Waals surface area (Å²) in [6.45, 7) is 0. The Morgan fingerprint density at radius 1 is 0.222 bits per heavy atom. The Kier molecular flexibility index (Phi) is 10.9. The quantitative estimate of drug-likeness (QED) is 0.141. The molecular weight excluding hydrogens is 1010 g/mol. The summed E-state index contributed by atoms with van der Waals surface area (Å²) in [5.74, 6) is 0. The van der Waals surface area contributed by atoms with Crippen molar-refractivity contribution < 1.29 is 0 Å². The van der Waals surface area contributed by atoms with Crippen LogP contribution in [0.5, 0.6) is 0 Å². The van der Waals surface area contributed by atoms with Crippen molar-refractivity contribution in [2.45, 2.75) is 0 Å². The maximum Gasteiger partial charge on any atom is 0.184 e. The molecule has 0 bridgehead atoms. The van der Waals surface area contributed by atoms with Gasteiger partial charge in [-0.1, -0.05) is 237 Å². The molecule has 0 N–H and O–H groups in total. The summed E-state index contributed by atoms with van der Waals surface area (Å²) < 4.78 is 2.44. The van der Waals surface area contributed by atoms with E-state index in [1.54, 1.807) is 0 Å². The van der Waals surface area contributed by atoms with Gasteiger partial charge in [0.25, 0.3) is 0 Å². The molecule has 13 aromatic carbocycles. The summed E-state index contributed by atoms with van der Waals surface area (Å²) in [5.41, 5.74) is 13.0. The van der Waals surface area contributed by atoms with Crippen molar-refractivity contribution in [3.63, 3.8) is 0 Å². The zero-order valence-corrected chi connectivity index (χ0v) is 46.4. The molecule has 0 fully saturated rings. The van der Waals surface area contributed by atoms with E-state index in [2.05, 4.69) is 336 Å². The third-order valence-electron chi connectivity index (χ3n) is 17.5. The van der Waals surface area contributed by atoms with Crippen LogP contribution in [0.1, 0.15) is 0 Å². The minimum absolute atomic E-state index is 1.13. The molecule has 14 aromatic rings. The topological polar surface area (TPSA) is 11.4 Å². The van der Waals surface area contributed by atoms with Crippen LogP contribution in [0.3, 0.4) is 0 Å². The van der Waals surface area contributed by atoms with Gasteiger partial charge in [0, 0.05) is 50.6 Å². The van der Waals surface area contributed by atoms with Crippen LogP contribution < -0.4 is 51.3 Å². The zero-order chi connectivity index (χ0) is 53.5. The molecule has 3 nitrogen and oxygen atoms in total. The molecule has 1 aromatic heterocycles. The van der Waals surface area contributed by atoms with Gasteiger partial charge in [-0.25, -0.2) is 0 Å². The van der Waals surface area contributed by atoms with E-state index in [0.717, 1.165) is 17.1 Å². The number of para-hydroxylation sites is 5. The van der Waals surface area contributed by atoms with Gasteiger partial charge in [0.2, 0.25) is 0 Å². The Labute approximate surface area is 474 Å². The van der Waals surface area contributed by atoms with Crippen LogP contribution in [0.2, 0.25) is 0 Å². The molecule has 0 amide bonds. The highest BCUT2D eigenvalue weighted by molar-refractivity contribution is 7.22. The van der Waals surface area contributed by atoms with E-state index in [1.165, 1.54) is 108 Å². The van der Waals surface area contributed by atoms with Crippen molar-refractivity contribution in [1.29, 1.82) is 0 Å². The van der Waals surface area contributed by atoms with E-state index < -0.39 is 16.1 Å². The number of anilines is 6. The largest absolute Gasteiger partial charge is 0.311 e. The molecular formula is C76H53N3Si2. The van der Waals surface area contributed by atoms with Gasteiger partial charge in [0.1, 0.15) is 0 Å². The van der Waals surface area contributed by atoms with Crippen LogP contribution in [0.15, 0.2) is 322 Å². The summed E-state index contributed by atoms with van der Waals surface area (Å²) in [6.07, 6.45) is 0. The monoisotopic (exact) mass is 1060 g/mol. The van der Waals surface area contributed by atoms with Gasteiger partial charge in [-0.15, -0.1) is 0 Å². The minimum atomic E-state index is -2.78. The third-order valence-corrected chi connectivity index (χ3v) is 27.2. The number of fused-ring (bicyclic) bond motifs is 8. The van der Waals surface area contributed by atoms with Crippen molar-refractivity contribution in [2.24, 2.45) is 0 Å². The van der Waals surface area contributed by atoms with Gasteiger partial charge >= 0.3 is 0 Å². The van der Waals surface area contributed by atoms with Crippen molar-refractivity contribution in [3.05, 3.63) is 322 Å². The number of benzene rings is 13. The van der Waals surface area contributed by atoms with E-state index in [4.69, 9.17) is 0 Å². The fourth-order valence-electron chi connectivity index (χ4n) is 14.1. The second-order valence-electron chi connectivity index (χ2n) is 21.6. The normalized spacial score (nSPS) is 13.8. The van der Waals surface area contributed by atoms with Crippen LogP contribution in [0.25, 0.3) is 49.4 Å². The van der Waals surface area contributed by atoms with Gasteiger partial charge in [-0.2, -0.15) is 0 Å². The van der Waals surface area contributed by atoms with E-state index in [1.807, 2.05) is 0 Å². The van der Waals surface area contributed by atoms with Crippen LogP contribution >= 0.6 is 0 Å². The van der Waals surface area contributed by atoms with Crippen molar-refractivity contribution in [3.8, 4) is 16.8 Å². The molecule has 0 unspecified atom stereocenters. The maximum atomic E-state index is 2.53. The molecule has 0 spiro atoms. The van der Waals surface area contributed by atoms with Crippen LogP contribution in [-0.4, -0.2) is 20.7 Å². The predicted molar refractivity (Wildman–Crippen MR) is 347 cm³/mol. The van der Waals surface area contributed by atoms with Gasteiger partial charge in [-0.05, 0) is 148 Å². The number of hydrogen-bond donors (Lipinski definition) is 0. The molecule has 2 aliphatic rings. The molecule has 81 heavy (non-hydrogen) atoms. The summed E-state index contributed by atoms with van der Waals surface area (Å²) in [5, 5.41) is 15.9. The molecule has 0 aliphatic carbocycles. The first-order valence-corrected chi connectivity index (χ1v) is 32.1. The predicted octanol–water partition coefficient (Wildman–Crippen LogP) is 13.9. The van der Waals surface area contributed by atoms with Crippen molar-refractivity contribution in [1.82, 2.24) is 4.57 Å². The third kappa shape index (κ3) is 7.06. The molecule has 3 heterocycles. The first-order chi connectivity index (χ1) is 40.2. The number of nitrogens with zero attached hydrogens (tertiary/aromatic N) is 3. The van der Waals surface area contributed by atoms with E-state index >= 15 is 0 Å². The molecule has 0 atom stereocenters. The Balaban J connectivity index is 0.853. The van der Waals surface area contributed by atoms with Gasteiger partial charge in [-0.3, -0.25) is 0 Å². The Hall–Kier alpha value is -10.0. The second-order valence-corrected chi connectivity index (χ2v) is 29.0. The summed E-state index contributed by atoms with van der Waals surface area (Å²) in [4.78, 5) is 5.04. The summed E-state index contributed by atoms with van der Waals surface area (Å²) in [7, 11) is -5.52. The average Bonchev–Trinajstić information content (AvgIpc) is 4.02.